The third-order valence-electron chi connectivity index (χ3n) is 1.82. The molecule has 0 amide bonds. The van der Waals surface area contributed by atoms with E-state index in [2.05, 4.69) is 4.98 Å². The van der Waals surface area contributed by atoms with Gasteiger partial charge in [-0.2, -0.15) is 0 Å². The van der Waals surface area contributed by atoms with E-state index in [0.29, 0.717) is 11.4 Å². The van der Waals surface area contributed by atoms with Crippen molar-refractivity contribution in [3.05, 3.63) is 46.9 Å². The number of anilines is 1. The highest BCUT2D eigenvalue weighted by atomic mass is 32.1. The summed E-state index contributed by atoms with van der Waals surface area (Å²) in [4.78, 5) is 4.11. The molecule has 14 heavy (non-hydrogen) atoms. The molecule has 72 valence electrons. The van der Waals surface area contributed by atoms with Crippen LogP contribution in [0.3, 0.4) is 0 Å². The van der Waals surface area contributed by atoms with E-state index in [-0.39, 0.29) is 5.82 Å². The molecule has 0 saturated heterocycles. The van der Waals surface area contributed by atoms with Gasteiger partial charge < -0.3 is 5.73 Å². The number of nitrogen functional groups attached to an aromatic ring is 1. The van der Waals surface area contributed by atoms with Crippen molar-refractivity contribution in [3.8, 4) is 0 Å². The fourth-order valence-corrected chi connectivity index (χ4v) is 1.95. The molecule has 0 aliphatic rings. The quantitative estimate of drug-likeness (QED) is 0.823. The van der Waals surface area contributed by atoms with Gasteiger partial charge in [0.05, 0.1) is 11.2 Å². The van der Waals surface area contributed by atoms with Gasteiger partial charge in [-0.05, 0) is 17.7 Å². The molecular formula is C10H9FN2S. The van der Waals surface area contributed by atoms with Crippen LogP contribution in [-0.4, -0.2) is 4.98 Å². The number of hydrogen-bond acceptors (Lipinski definition) is 3. The maximum absolute atomic E-state index is 12.8. The van der Waals surface area contributed by atoms with E-state index in [1.807, 2.05) is 6.07 Å². The molecule has 0 bridgehead atoms. The van der Waals surface area contributed by atoms with Gasteiger partial charge in [-0.25, -0.2) is 9.37 Å². The van der Waals surface area contributed by atoms with Crippen molar-refractivity contribution >= 4 is 16.3 Å². The normalized spacial score (nSPS) is 10.4. The molecule has 0 aliphatic heterocycles. The van der Waals surface area contributed by atoms with Crippen molar-refractivity contribution in [2.45, 2.75) is 6.42 Å². The predicted octanol–water partition coefficient (Wildman–Crippen LogP) is 2.46. The van der Waals surface area contributed by atoms with Gasteiger partial charge in [0.1, 0.15) is 10.8 Å². The molecule has 1 aromatic carbocycles. The summed E-state index contributed by atoms with van der Waals surface area (Å²) in [7, 11) is 0. The van der Waals surface area contributed by atoms with Gasteiger partial charge in [0.15, 0.2) is 0 Å². The Kier molecular flexibility index (Phi) is 2.45. The lowest BCUT2D eigenvalue weighted by Gasteiger charge is -1.96. The standard InChI is InChI=1S/C10H9FN2S/c11-8-3-1-2-7(4-8)5-10-13-6-9(12)14-10/h1-4,6H,5,12H2. The monoisotopic (exact) mass is 208 g/mol. The number of hydrogen-bond donors (Lipinski definition) is 1. The number of rotatable bonds is 2. The molecule has 2 N–H and O–H groups in total. The molecule has 0 radical (unpaired) electrons. The van der Waals surface area contributed by atoms with Gasteiger partial charge in [0.25, 0.3) is 0 Å². The maximum Gasteiger partial charge on any atom is 0.123 e. The van der Waals surface area contributed by atoms with Gasteiger partial charge in [-0.3, -0.25) is 0 Å². The van der Waals surface area contributed by atoms with Gasteiger partial charge in [0, 0.05) is 6.42 Å². The average Bonchev–Trinajstić information content (AvgIpc) is 2.51. The van der Waals surface area contributed by atoms with Crippen LogP contribution in [0.1, 0.15) is 10.6 Å². The molecule has 0 atom stereocenters. The number of thiazole rings is 1. The van der Waals surface area contributed by atoms with E-state index < -0.39 is 0 Å². The molecule has 2 nitrogen and oxygen atoms in total. The van der Waals surface area contributed by atoms with Crippen LogP contribution in [0.15, 0.2) is 30.5 Å². The fraction of sp³-hybridized carbons (Fsp3) is 0.100. The topological polar surface area (TPSA) is 38.9 Å². The largest absolute Gasteiger partial charge is 0.389 e. The second-order valence-corrected chi connectivity index (χ2v) is 4.11. The summed E-state index contributed by atoms with van der Waals surface area (Å²) in [6, 6.07) is 6.51. The smallest absolute Gasteiger partial charge is 0.123 e. The van der Waals surface area contributed by atoms with E-state index >= 15 is 0 Å². The minimum Gasteiger partial charge on any atom is -0.389 e. The molecule has 2 aromatic rings. The first-order valence-electron chi connectivity index (χ1n) is 4.18. The van der Waals surface area contributed by atoms with Crippen LogP contribution in [0.5, 0.6) is 0 Å². The van der Waals surface area contributed by atoms with Crippen LogP contribution in [0.4, 0.5) is 9.39 Å². The molecule has 2 rings (SSSR count). The Labute approximate surface area is 85.2 Å². The zero-order valence-corrected chi connectivity index (χ0v) is 8.22. The van der Waals surface area contributed by atoms with Crippen molar-refractivity contribution in [2.24, 2.45) is 0 Å². The van der Waals surface area contributed by atoms with Crippen LogP contribution in [0.25, 0.3) is 0 Å². The summed E-state index contributed by atoms with van der Waals surface area (Å²) in [5.74, 6) is -0.216. The molecule has 0 unspecified atom stereocenters. The van der Waals surface area contributed by atoms with Crippen LogP contribution in [0.2, 0.25) is 0 Å². The zero-order chi connectivity index (χ0) is 9.97. The third-order valence-corrected chi connectivity index (χ3v) is 2.64. The first-order valence-corrected chi connectivity index (χ1v) is 5.00. The van der Waals surface area contributed by atoms with Gasteiger partial charge in [-0.1, -0.05) is 12.1 Å². The summed E-state index contributed by atoms with van der Waals surface area (Å²) in [5.41, 5.74) is 6.46. The predicted molar refractivity (Wildman–Crippen MR) is 55.7 cm³/mol. The SMILES string of the molecule is Nc1cnc(Cc2cccc(F)c2)s1. The zero-order valence-electron chi connectivity index (χ0n) is 7.40. The maximum atomic E-state index is 12.8. The van der Waals surface area contributed by atoms with E-state index in [1.165, 1.54) is 23.5 Å². The summed E-state index contributed by atoms with van der Waals surface area (Å²) >= 11 is 1.43. The second kappa shape index (κ2) is 3.75. The summed E-state index contributed by atoms with van der Waals surface area (Å²) in [6.07, 6.45) is 2.26. The van der Waals surface area contributed by atoms with Crippen molar-refractivity contribution in [3.63, 3.8) is 0 Å². The Balaban J connectivity index is 2.18. The Hall–Kier alpha value is -1.42. The van der Waals surface area contributed by atoms with Crippen LogP contribution in [-0.2, 0) is 6.42 Å². The molecule has 0 aliphatic carbocycles. The number of nitrogens with two attached hydrogens (primary N) is 1. The van der Waals surface area contributed by atoms with Crippen LogP contribution in [0, 0.1) is 5.82 Å². The summed E-state index contributed by atoms with van der Waals surface area (Å²) < 4.78 is 12.8. The van der Waals surface area contributed by atoms with Gasteiger partial charge >= 0.3 is 0 Å². The second-order valence-electron chi connectivity index (χ2n) is 2.96. The van der Waals surface area contributed by atoms with Crippen molar-refractivity contribution < 1.29 is 4.39 Å². The lowest BCUT2D eigenvalue weighted by molar-refractivity contribution is 0.626. The van der Waals surface area contributed by atoms with Gasteiger partial charge in [0.2, 0.25) is 0 Å². The Bertz CT molecular complexity index is 439. The molecule has 0 spiro atoms. The van der Waals surface area contributed by atoms with Crippen molar-refractivity contribution in [2.75, 3.05) is 5.73 Å². The minimum atomic E-state index is -0.216. The van der Waals surface area contributed by atoms with E-state index in [9.17, 15) is 4.39 Å². The Morgan fingerprint density at radius 3 is 2.93 bits per heavy atom. The third kappa shape index (κ3) is 2.09. The lowest BCUT2D eigenvalue weighted by Crippen LogP contribution is -1.87. The highest BCUT2D eigenvalue weighted by Crippen LogP contribution is 2.18. The minimum absolute atomic E-state index is 0.216. The number of nitrogens with zero attached hydrogens (tertiary/aromatic N) is 1. The molecule has 1 heterocycles. The van der Waals surface area contributed by atoms with E-state index in [4.69, 9.17) is 5.73 Å². The average molecular weight is 208 g/mol. The molecule has 4 heteroatoms. The fourth-order valence-electron chi connectivity index (χ4n) is 1.23. The Morgan fingerprint density at radius 2 is 2.29 bits per heavy atom. The molecule has 0 saturated carbocycles. The number of benzene rings is 1. The number of aromatic nitrogens is 1. The lowest BCUT2D eigenvalue weighted by atomic mass is 10.1. The molecule has 1 aromatic heterocycles. The molecule has 0 fully saturated rings. The highest BCUT2D eigenvalue weighted by Gasteiger charge is 2.01. The molecular weight excluding hydrogens is 199 g/mol. The Morgan fingerprint density at radius 1 is 1.43 bits per heavy atom. The van der Waals surface area contributed by atoms with Crippen LogP contribution >= 0.6 is 11.3 Å². The van der Waals surface area contributed by atoms with E-state index in [1.54, 1.807) is 12.3 Å². The van der Waals surface area contributed by atoms with Crippen molar-refractivity contribution in [1.29, 1.82) is 0 Å². The van der Waals surface area contributed by atoms with Crippen molar-refractivity contribution in [1.82, 2.24) is 4.98 Å². The highest BCUT2D eigenvalue weighted by molar-refractivity contribution is 7.15. The first kappa shape index (κ1) is 9.15. The summed E-state index contributed by atoms with van der Waals surface area (Å²) in [6.45, 7) is 0. The first-order chi connectivity index (χ1) is 6.74. The summed E-state index contributed by atoms with van der Waals surface area (Å²) in [5, 5.41) is 1.60. The number of halogens is 1. The van der Waals surface area contributed by atoms with Crippen LogP contribution < -0.4 is 5.73 Å². The van der Waals surface area contributed by atoms with E-state index in [0.717, 1.165) is 10.6 Å². The van der Waals surface area contributed by atoms with Gasteiger partial charge in [-0.15, -0.1) is 11.3 Å².